The van der Waals surface area contributed by atoms with Gasteiger partial charge in [0.15, 0.2) is 0 Å². The van der Waals surface area contributed by atoms with Crippen molar-refractivity contribution in [1.29, 1.82) is 0 Å². The number of nitrogens with one attached hydrogen (secondary N) is 7. The van der Waals surface area contributed by atoms with Crippen LogP contribution in [0.15, 0.2) is 73.3 Å². The SMILES string of the molecule is CCC(C)C(NC(=O)C1CCCN1C(=O)C(Cc1c[nH]c2ccccc12)NC(=O)C(Cc1ccccc1)NC(=O)C(Cc1cnc[nH]1)NC(=O)C(N)CCCNC(N)N)C(=O)N1C(=O)CCC1C(=O)O. The number of aromatic nitrogens is 3. The summed E-state index contributed by atoms with van der Waals surface area (Å²) in [6.45, 7) is 4.03. The summed E-state index contributed by atoms with van der Waals surface area (Å²) in [4.78, 5) is 123. The topological polar surface area (TPSA) is 346 Å². The van der Waals surface area contributed by atoms with E-state index >= 15 is 4.79 Å². The van der Waals surface area contributed by atoms with Gasteiger partial charge in [-0.25, -0.2) is 9.78 Å². The molecule has 8 unspecified atom stereocenters. The fraction of sp³-hybridized carbons (Fsp3) is 0.479. The van der Waals surface area contributed by atoms with Gasteiger partial charge in [0.2, 0.25) is 35.4 Å². The molecule has 0 spiro atoms. The van der Waals surface area contributed by atoms with Crippen LogP contribution in [0.25, 0.3) is 10.9 Å². The van der Waals surface area contributed by atoms with Crippen molar-refractivity contribution in [1.82, 2.24) is 51.3 Å². The standard InChI is InChI=1S/C48H65N13O9/c1-3-27(2)40(46(68)61-38(47(69)70)17-18-39(61)62)59-44(66)37-16-10-20-60(37)45(67)36(22-29-24-54-33-15-8-7-13-31(29)33)58-42(64)34(21-28-11-5-4-6-12-28)57-43(65)35(23-30-25-52-26-55-30)56-41(63)32(49)14-9-19-53-48(50)51/h4-8,11-13,15,24-27,32,34-38,40,48,53-54H,3,9-10,14,16-23,49-51H2,1-2H3,(H,52,55)(H,56,63)(H,57,65)(H,58,64)(H,59,66)(H,69,70). The normalized spacial score (nSPS) is 18.5. The number of carbonyl (C=O) groups is 8. The van der Waals surface area contributed by atoms with E-state index in [0.29, 0.717) is 42.6 Å². The molecule has 0 bridgehead atoms. The van der Waals surface area contributed by atoms with E-state index < -0.39 is 102 Å². The third kappa shape index (κ3) is 13.4. The molecule has 2 aromatic heterocycles. The lowest BCUT2D eigenvalue weighted by atomic mass is 9.96. The second-order valence-corrected chi connectivity index (χ2v) is 18.0. The van der Waals surface area contributed by atoms with E-state index in [1.54, 1.807) is 50.4 Å². The Labute approximate surface area is 405 Å². The lowest BCUT2D eigenvalue weighted by Gasteiger charge is -2.33. The maximum Gasteiger partial charge on any atom is 0.326 e. The molecule has 376 valence electrons. The largest absolute Gasteiger partial charge is 0.480 e. The zero-order valence-electron chi connectivity index (χ0n) is 39.4. The summed E-state index contributed by atoms with van der Waals surface area (Å²) in [5, 5.41) is 24.7. The third-order valence-corrected chi connectivity index (χ3v) is 13.0. The fourth-order valence-corrected chi connectivity index (χ4v) is 8.93. The number of fused-ring (bicyclic) bond motifs is 1. The highest BCUT2D eigenvalue weighted by atomic mass is 16.4. The van der Waals surface area contributed by atoms with Crippen LogP contribution in [0.2, 0.25) is 0 Å². The van der Waals surface area contributed by atoms with Gasteiger partial charge < -0.3 is 58.4 Å². The number of benzene rings is 2. The summed E-state index contributed by atoms with van der Waals surface area (Å²) in [5.74, 6) is -6.64. The number of likely N-dealkylation sites (tertiary alicyclic amines) is 2. The predicted molar refractivity (Wildman–Crippen MR) is 256 cm³/mol. The second-order valence-electron chi connectivity index (χ2n) is 18.0. The Hall–Kier alpha value is -7.01. The van der Waals surface area contributed by atoms with Gasteiger partial charge in [-0.1, -0.05) is 68.8 Å². The molecule has 8 atom stereocenters. The zero-order chi connectivity index (χ0) is 50.5. The lowest BCUT2D eigenvalue weighted by Crippen LogP contribution is -2.61. The molecule has 2 saturated heterocycles. The van der Waals surface area contributed by atoms with E-state index in [1.807, 2.05) is 24.3 Å². The number of hydrogen-bond acceptors (Lipinski definition) is 13. The number of H-pyrrole nitrogens is 2. The van der Waals surface area contributed by atoms with E-state index in [2.05, 4.69) is 41.5 Å². The van der Waals surface area contributed by atoms with Crippen LogP contribution in [-0.2, 0) is 57.6 Å². The summed E-state index contributed by atoms with van der Waals surface area (Å²) in [6, 6.07) is 7.82. The molecule has 0 radical (unpaired) electrons. The van der Waals surface area contributed by atoms with Gasteiger partial charge in [-0.15, -0.1) is 0 Å². The summed E-state index contributed by atoms with van der Waals surface area (Å²) in [6.07, 6.45) is 5.39. The number of carbonyl (C=O) groups excluding carboxylic acids is 7. The van der Waals surface area contributed by atoms with E-state index in [0.717, 1.165) is 15.8 Å². The highest BCUT2D eigenvalue weighted by molar-refractivity contribution is 6.05. The van der Waals surface area contributed by atoms with Gasteiger partial charge in [-0.05, 0) is 61.8 Å². The molecule has 6 rings (SSSR count). The molecule has 0 aliphatic carbocycles. The Morgan fingerprint density at radius 2 is 1.50 bits per heavy atom. The van der Waals surface area contributed by atoms with Gasteiger partial charge in [-0.3, -0.25) is 43.8 Å². The number of nitrogens with two attached hydrogens (primary N) is 3. The number of para-hydroxylation sites is 1. The number of imidazole rings is 1. The van der Waals surface area contributed by atoms with E-state index in [1.165, 1.54) is 17.4 Å². The molecule has 0 saturated carbocycles. The maximum atomic E-state index is 15.0. The first kappa shape index (κ1) is 52.4. The number of rotatable bonds is 24. The Balaban J connectivity index is 1.26. The first-order chi connectivity index (χ1) is 33.6. The summed E-state index contributed by atoms with van der Waals surface area (Å²) < 4.78 is 0. The minimum atomic E-state index is -1.36. The Bertz CT molecular complexity index is 2460. The predicted octanol–water partition coefficient (Wildman–Crippen LogP) is -0.605. The molecule has 2 fully saturated rings. The molecule has 14 N–H and O–H groups in total. The molecule has 2 aliphatic heterocycles. The molecule has 2 aliphatic rings. The molecule has 7 amide bonds. The van der Waals surface area contributed by atoms with Crippen LogP contribution in [0, 0.1) is 5.92 Å². The van der Waals surface area contributed by atoms with E-state index in [4.69, 9.17) is 17.2 Å². The van der Waals surface area contributed by atoms with Crippen molar-refractivity contribution >= 4 is 58.2 Å². The number of carboxylic acid groups (broad SMARTS) is 1. The Kier molecular flexibility index (Phi) is 18.3. The number of carboxylic acids is 1. The van der Waals surface area contributed by atoms with Gasteiger partial charge in [0.05, 0.1) is 12.4 Å². The number of aromatic amines is 2. The van der Waals surface area contributed by atoms with Crippen LogP contribution >= 0.6 is 0 Å². The van der Waals surface area contributed by atoms with Gasteiger partial charge in [-0.2, -0.15) is 0 Å². The number of amides is 7. The molecule has 4 heterocycles. The monoisotopic (exact) mass is 968 g/mol. The second kappa shape index (κ2) is 24.5. The van der Waals surface area contributed by atoms with Crippen LogP contribution in [0.4, 0.5) is 0 Å². The summed E-state index contributed by atoms with van der Waals surface area (Å²) in [5.41, 5.74) is 20.0. The number of nitrogens with zero attached hydrogens (tertiary/aromatic N) is 3. The zero-order valence-corrected chi connectivity index (χ0v) is 39.4. The van der Waals surface area contributed by atoms with Crippen molar-refractivity contribution in [3.8, 4) is 0 Å². The minimum Gasteiger partial charge on any atom is -0.480 e. The molecule has 2 aromatic carbocycles. The third-order valence-electron chi connectivity index (χ3n) is 13.0. The van der Waals surface area contributed by atoms with Crippen molar-refractivity contribution < 1.29 is 43.5 Å². The number of hydrogen-bond donors (Lipinski definition) is 11. The van der Waals surface area contributed by atoms with Crippen molar-refractivity contribution in [2.45, 2.75) is 127 Å². The van der Waals surface area contributed by atoms with Crippen LogP contribution in [0.1, 0.15) is 75.6 Å². The average Bonchev–Trinajstić information content (AvgIpc) is 4.19. The Morgan fingerprint density at radius 1 is 0.814 bits per heavy atom. The first-order valence-electron chi connectivity index (χ1n) is 23.7. The van der Waals surface area contributed by atoms with Crippen LogP contribution in [0.3, 0.4) is 0 Å². The number of imide groups is 1. The molecule has 4 aromatic rings. The minimum absolute atomic E-state index is 0.0189. The fourth-order valence-electron chi connectivity index (χ4n) is 8.93. The first-order valence-corrected chi connectivity index (χ1v) is 23.7. The van der Waals surface area contributed by atoms with Gasteiger partial charge >= 0.3 is 5.97 Å². The van der Waals surface area contributed by atoms with Gasteiger partial charge in [0.25, 0.3) is 5.91 Å². The molecule has 22 heteroatoms. The summed E-state index contributed by atoms with van der Waals surface area (Å²) in [7, 11) is 0. The maximum absolute atomic E-state index is 15.0. The average molecular weight is 968 g/mol. The Morgan fingerprint density at radius 3 is 2.19 bits per heavy atom. The quantitative estimate of drug-likeness (QED) is 0.0309. The van der Waals surface area contributed by atoms with Crippen molar-refractivity contribution in [3.63, 3.8) is 0 Å². The number of aliphatic carboxylic acids is 1. The summed E-state index contributed by atoms with van der Waals surface area (Å²) >= 11 is 0. The van der Waals surface area contributed by atoms with E-state index in [9.17, 15) is 38.7 Å². The van der Waals surface area contributed by atoms with Gasteiger partial charge in [0.1, 0.15) is 42.5 Å². The van der Waals surface area contributed by atoms with Gasteiger partial charge in [0, 0.05) is 61.2 Å². The highest BCUT2D eigenvalue weighted by Gasteiger charge is 2.46. The van der Waals surface area contributed by atoms with E-state index in [-0.39, 0.29) is 51.5 Å². The molecular weight excluding hydrogens is 903 g/mol. The van der Waals surface area contributed by atoms with Crippen molar-refractivity contribution in [2.24, 2.45) is 23.1 Å². The smallest absolute Gasteiger partial charge is 0.326 e. The van der Waals surface area contributed by atoms with Crippen LogP contribution in [-0.4, -0.2) is 139 Å². The lowest BCUT2D eigenvalue weighted by molar-refractivity contribution is -0.156. The highest BCUT2D eigenvalue weighted by Crippen LogP contribution is 2.26. The van der Waals surface area contributed by atoms with Crippen LogP contribution < -0.4 is 43.8 Å². The molecule has 22 nitrogen and oxygen atoms in total. The molecule has 70 heavy (non-hydrogen) atoms. The van der Waals surface area contributed by atoms with Crippen molar-refractivity contribution in [3.05, 3.63) is 90.1 Å². The molecular formula is C48H65N13O9. The van der Waals surface area contributed by atoms with Crippen molar-refractivity contribution in [2.75, 3.05) is 13.1 Å². The van der Waals surface area contributed by atoms with Crippen LogP contribution in [0.5, 0.6) is 0 Å².